The van der Waals surface area contributed by atoms with Gasteiger partial charge in [-0.15, -0.1) is 0 Å². The Hall–Kier alpha value is -2.43. The summed E-state index contributed by atoms with van der Waals surface area (Å²) >= 11 is 0. The second-order valence-electron chi connectivity index (χ2n) is 3.00. The second kappa shape index (κ2) is 17.6. The van der Waals surface area contributed by atoms with Gasteiger partial charge < -0.3 is 5.73 Å². The first-order valence-electron chi connectivity index (χ1n) is 6.70. The lowest BCUT2D eigenvalue weighted by atomic mass is 10.3. The van der Waals surface area contributed by atoms with E-state index >= 15 is 0 Å². The SMILES string of the molecule is CC.CC.F.Nc1ccccc1.O=[N+]([O-])c1ccccc1. The summed E-state index contributed by atoms with van der Waals surface area (Å²) in [6.07, 6.45) is 0. The average Bonchev–Trinajstić information content (AvgIpc) is 2.53. The number of para-hydroxylation sites is 2. The second-order valence-corrected chi connectivity index (χ2v) is 3.00. The van der Waals surface area contributed by atoms with E-state index in [1.165, 1.54) is 12.1 Å². The fourth-order valence-electron chi connectivity index (χ4n) is 1.00. The van der Waals surface area contributed by atoms with Crippen molar-refractivity contribution in [1.82, 2.24) is 0 Å². The highest BCUT2D eigenvalue weighted by Gasteiger charge is 1.98. The number of benzene rings is 2. The van der Waals surface area contributed by atoms with Gasteiger partial charge in [-0.1, -0.05) is 64.1 Å². The Labute approximate surface area is 126 Å². The van der Waals surface area contributed by atoms with Crippen LogP contribution in [0.25, 0.3) is 0 Å². The zero-order valence-corrected chi connectivity index (χ0v) is 13.0. The van der Waals surface area contributed by atoms with Gasteiger partial charge in [-0.25, -0.2) is 0 Å². The number of nitrogens with two attached hydrogens (primary N) is 1. The molecule has 0 amide bonds. The van der Waals surface area contributed by atoms with Gasteiger partial charge in [-0.3, -0.25) is 14.8 Å². The van der Waals surface area contributed by atoms with Crippen LogP contribution in [0.5, 0.6) is 0 Å². The van der Waals surface area contributed by atoms with Crippen molar-refractivity contribution in [3.05, 3.63) is 70.8 Å². The first-order valence-corrected chi connectivity index (χ1v) is 6.70. The predicted octanol–water partition coefficient (Wildman–Crippen LogP) is 5.07. The smallest absolute Gasteiger partial charge is 0.269 e. The third-order valence-corrected chi connectivity index (χ3v) is 1.77. The monoisotopic (exact) mass is 296 g/mol. The molecule has 4 nitrogen and oxygen atoms in total. The van der Waals surface area contributed by atoms with Crippen molar-refractivity contribution in [1.29, 1.82) is 0 Å². The number of nitro groups is 1. The molecule has 118 valence electrons. The minimum Gasteiger partial charge on any atom is -0.399 e. The Morgan fingerprint density at radius 2 is 1.14 bits per heavy atom. The van der Waals surface area contributed by atoms with Crippen LogP contribution in [0, 0.1) is 10.1 Å². The minimum atomic E-state index is -0.417. The molecule has 0 aromatic heterocycles. The zero-order valence-electron chi connectivity index (χ0n) is 13.0. The fraction of sp³-hybridized carbons (Fsp3) is 0.250. The fourth-order valence-corrected chi connectivity index (χ4v) is 1.00. The molecule has 2 aromatic carbocycles. The van der Waals surface area contributed by atoms with Crippen molar-refractivity contribution in [2.45, 2.75) is 27.7 Å². The molecule has 0 radical (unpaired) electrons. The highest BCUT2D eigenvalue weighted by molar-refractivity contribution is 5.35. The molecular formula is C16H25FN2O2. The molecule has 0 aliphatic heterocycles. The van der Waals surface area contributed by atoms with Gasteiger partial charge in [0.25, 0.3) is 5.69 Å². The first kappa shape index (κ1) is 23.6. The molecule has 0 unspecified atom stereocenters. The number of hydrogen-bond acceptors (Lipinski definition) is 3. The number of anilines is 1. The van der Waals surface area contributed by atoms with Crippen LogP contribution in [0.3, 0.4) is 0 Å². The van der Waals surface area contributed by atoms with Crippen molar-refractivity contribution >= 4 is 11.4 Å². The lowest BCUT2D eigenvalue weighted by molar-refractivity contribution is -0.384. The minimum absolute atomic E-state index is 0. The molecule has 0 spiro atoms. The summed E-state index contributed by atoms with van der Waals surface area (Å²) in [7, 11) is 0. The molecule has 5 heteroatoms. The maximum atomic E-state index is 10.0. The third kappa shape index (κ3) is 13.8. The number of nitrogens with zero attached hydrogens (tertiary/aromatic N) is 1. The summed E-state index contributed by atoms with van der Waals surface area (Å²) in [5, 5.41) is 10.0. The van der Waals surface area contributed by atoms with Crippen molar-refractivity contribution in [2.75, 3.05) is 5.73 Å². The van der Waals surface area contributed by atoms with Crippen molar-refractivity contribution < 1.29 is 9.63 Å². The lowest BCUT2D eigenvalue weighted by Crippen LogP contribution is -1.84. The topological polar surface area (TPSA) is 69.2 Å². The van der Waals surface area contributed by atoms with Gasteiger partial charge >= 0.3 is 0 Å². The van der Waals surface area contributed by atoms with E-state index in [9.17, 15) is 10.1 Å². The number of hydrogen-bond donors (Lipinski definition) is 1. The summed E-state index contributed by atoms with van der Waals surface area (Å²) in [6, 6.07) is 17.4. The Morgan fingerprint density at radius 3 is 1.33 bits per heavy atom. The summed E-state index contributed by atoms with van der Waals surface area (Å²) in [4.78, 5) is 9.59. The van der Waals surface area contributed by atoms with Crippen LogP contribution in [0.1, 0.15) is 27.7 Å². The number of non-ortho nitro benzene ring substituents is 1. The zero-order chi connectivity index (χ0) is 15.8. The van der Waals surface area contributed by atoms with Gasteiger partial charge in [0.2, 0.25) is 0 Å². The molecule has 0 atom stereocenters. The van der Waals surface area contributed by atoms with Gasteiger partial charge in [0.1, 0.15) is 0 Å². The standard InChI is InChI=1S/C6H5NO2.C6H7N.2C2H6.FH/c8-7(9)6-4-2-1-3-5-6;7-6-4-2-1-3-5-6;2*1-2;/h1-5H;1-5H,7H2;2*1-2H3;1H. The van der Waals surface area contributed by atoms with E-state index in [-0.39, 0.29) is 10.4 Å². The van der Waals surface area contributed by atoms with E-state index in [1.807, 2.05) is 58.0 Å². The molecule has 21 heavy (non-hydrogen) atoms. The molecule has 0 saturated heterocycles. The van der Waals surface area contributed by atoms with Crippen LogP contribution in [0.15, 0.2) is 60.7 Å². The third-order valence-electron chi connectivity index (χ3n) is 1.77. The Balaban J connectivity index is -0.000000244. The van der Waals surface area contributed by atoms with Crippen molar-refractivity contribution in [3.63, 3.8) is 0 Å². The van der Waals surface area contributed by atoms with Gasteiger partial charge in [-0.2, -0.15) is 0 Å². The van der Waals surface area contributed by atoms with Crippen LogP contribution in [-0.2, 0) is 0 Å². The molecule has 2 aromatic rings. The van der Waals surface area contributed by atoms with Crippen LogP contribution < -0.4 is 5.73 Å². The van der Waals surface area contributed by atoms with Gasteiger partial charge in [0, 0.05) is 17.8 Å². The maximum absolute atomic E-state index is 10.0. The van der Waals surface area contributed by atoms with Crippen molar-refractivity contribution in [2.24, 2.45) is 0 Å². The van der Waals surface area contributed by atoms with E-state index in [0.29, 0.717) is 0 Å². The molecule has 0 saturated carbocycles. The number of rotatable bonds is 1. The van der Waals surface area contributed by atoms with E-state index in [0.717, 1.165) is 5.69 Å². The van der Waals surface area contributed by atoms with E-state index in [2.05, 4.69) is 0 Å². The Bertz CT molecular complexity index is 437. The number of nitro benzene ring substituents is 1. The van der Waals surface area contributed by atoms with Crippen molar-refractivity contribution in [3.8, 4) is 0 Å². The Kier molecular flexibility index (Phi) is 19.8. The number of nitrogen functional groups attached to an aromatic ring is 1. The van der Waals surface area contributed by atoms with E-state index in [4.69, 9.17) is 5.73 Å². The quantitative estimate of drug-likeness (QED) is 0.454. The van der Waals surface area contributed by atoms with Gasteiger partial charge in [-0.05, 0) is 12.1 Å². The normalized spacial score (nSPS) is 7.24. The largest absolute Gasteiger partial charge is 0.399 e. The van der Waals surface area contributed by atoms with Crippen LogP contribution in [0.4, 0.5) is 16.1 Å². The van der Waals surface area contributed by atoms with E-state index < -0.39 is 4.92 Å². The lowest BCUT2D eigenvalue weighted by Gasteiger charge is -1.85. The first-order chi connectivity index (χ1) is 9.70. The molecule has 2 rings (SSSR count). The van der Waals surface area contributed by atoms with Crippen LogP contribution in [-0.4, -0.2) is 4.92 Å². The summed E-state index contributed by atoms with van der Waals surface area (Å²) in [6.45, 7) is 8.00. The van der Waals surface area contributed by atoms with E-state index in [1.54, 1.807) is 18.2 Å². The van der Waals surface area contributed by atoms with Gasteiger partial charge in [0.15, 0.2) is 0 Å². The highest BCUT2D eigenvalue weighted by atomic mass is 19.0. The predicted molar refractivity (Wildman–Crippen MR) is 89.1 cm³/mol. The Morgan fingerprint density at radius 1 is 0.810 bits per heavy atom. The molecular weight excluding hydrogens is 271 g/mol. The molecule has 0 fully saturated rings. The molecule has 0 aliphatic carbocycles. The van der Waals surface area contributed by atoms with Gasteiger partial charge in [0.05, 0.1) is 4.92 Å². The molecule has 0 aliphatic rings. The average molecular weight is 296 g/mol. The van der Waals surface area contributed by atoms with Crippen LogP contribution in [0.2, 0.25) is 0 Å². The highest BCUT2D eigenvalue weighted by Crippen LogP contribution is 2.06. The van der Waals surface area contributed by atoms with Crippen LogP contribution >= 0.6 is 0 Å². The summed E-state index contributed by atoms with van der Waals surface area (Å²) < 4.78 is 0. The maximum Gasteiger partial charge on any atom is 0.269 e. The summed E-state index contributed by atoms with van der Waals surface area (Å²) in [5.41, 5.74) is 6.32. The molecule has 0 bridgehead atoms. The molecule has 0 heterocycles. The number of halogens is 1. The molecule has 2 N–H and O–H groups in total. The summed E-state index contributed by atoms with van der Waals surface area (Å²) in [5.74, 6) is 0.